The van der Waals surface area contributed by atoms with Crippen molar-refractivity contribution >= 4 is 11.6 Å². The summed E-state index contributed by atoms with van der Waals surface area (Å²) in [6, 6.07) is 8.43. The first-order chi connectivity index (χ1) is 9.15. The Bertz CT molecular complexity index is 570. The van der Waals surface area contributed by atoms with E-state index in [1.807, 2.05) is 12.1 Å². The molecule has 19 heavy (non-hydrogen) atoms. The number of carbonyl (C=O) groups is 1. The van der Waals surface area contributed by atoms with Crippen LogP contribution in [0.1, 0.15) is 17.5 Å². The first kappa shape index (κ1) is 13.2. The second kappa shape index (κ2) is 6.09. The summed E-state index contributed by atoms with van der Waals surface area (Å²) in [6.07, 6.45) is 4.40. The molecule has 3 nitrogen and oxygen atoms in total. The fraction of sp³-hybridized carbons (Fsp3) is 0.200. The van der Waals surface area contributed by atoms with E-state index < -0.39 is 0 Å². The number of rotatable bonds is 4. The van der Waals surface area contributed by atoms with Gasteiger partial charge in [0.25, 0.3) is 0 Å². The minimum absolute atomic E-state index is 0.132. The van der Waals surface area contributed by atoms with Crippen LogP contribution in [-0.2, 0) is 11.2 Å². The number of amides is 1. The maximum atomic E-state index is 13.3. The molecule has 1 amide bonds. The maximum absolute atomic E-state index is 13.3. The second-order valence-electron chi connectivity index (χ2n) is 4.37. The summed E-state index contributed by atoms with van der Waals surface area (Å²) in [5.41, 5.74) is 2.06. The highest BCUT2D eigenvalue weighted by Gasteiger charge is 2.05. The molecule has 0 atom stereocenters. The molecule has 0 saturated heterocycles. The van der Waals surface area contributed by atoms with Crippen molar-refractivity contribution in [1.29, 1.82) is 0 Å². The maximum Gasteiger partial charge on any atom is 0.224 e. The summed E-state index contributed by atoms with van der Waals surface area (Å²) in [5, 5.41) is 2.68. The van der Waals surface area contributed by atoms with Gasteiger partial charge in [0.2, 0.25) is 5.91 Å². The summed E-state index contributed by atoms with van der Waals surface area (Å²) in [6.45, 7) is 1.68. The summed E-state index contributed by atoms with van der Waals surface area (Å²) >= 11 is 0. The average Bonchev–Trinajstić information content (AvgIpc) is 2.42. The number of hydrogen-bond donors (Lipinski definition) is 1. The Morgan fingerprint density at radius 2 is 2.21 bits per heavy atom. The van der Waals surface area contributed by atoms with Crippen LogP contribution in [0.25, 0.3) is 0 Å². The lowest BCUT2D eigenvalue weighted by molar-refractivity contribution is -0.116. The predicted octanol–water partition coefficient (Wildman–Crippen LogP) is 3.10. The first-order valence-corrected chi connectivity index (χ1v) is 6.10. The lowest BCUT2D eigenvalue weighted by Gasteiger charge is -2.06. The third-order valence-electron chi connectivity index (χ3n) is 2.82. The number of carbonyl (C=O) groups excluding carboxylic acids is 1. The molecule has 0 spiro atoms. The topological polar surface area (TPSA) is 42.0 Å². The number of aromatic nitrogens is 1. The SMILES string of the molecule is Cc1ccc(NC(=O)CCc2cccnc2)cc1F. The van der Waals surface area contributed by atoms with Crippen LogP contribution >= 0.6 is 0 Å². The highest BCUT2D eigenvalue weighted by atomic mass is 19.1. The van der Waals surface area contributed by atoms with E-state index in [1.165, 1.54) is 6.07 Å². The molecule has 4 heteroatoms. The fourth-order valence-corrected chi connectivity index (χ4v) is 1.70. The van der Waals surface area contributed by atoms with Gasteiger partial charge in [-0.05, 0) is 42.7 Å². The molecule has 2 aromatic rings. The number of nitrogens with one attached hydrogen (secondary N) is 1. The van der Waals surface area contributed by atoms with E-state index in [1.54, 1.807) is 31.5 Å². The van der Waals surface area contributed by atoms with Crippen molar-refractivity contribution in [2.75, 3.05) is 5.32 Å². The molecular weight excluding hydrogens is 243 g/mol. The van der Waals surface area contributed by atoms with Crippen LogP contribution in [-0.4, -0.2) is 10.9 Å². The molecule has 0 aliphatic heterocycles. The van der Waals surface area contributed by atoms with Crippen LogP contribution in [0.4, 0.5) is 10.1 Å². The zero-order chi connectivity index (χ0) is 13.7. The van der Waals surface area contributed by atoms with Gasteiger partial charge >= 0.3 is 0 Å². The van der Waals surface area contributed by atoms with Crippen molar-refractivity contribution in [3.8, 4) is 0 Å². The smallest absolute Gasteiger partial charge is 0.224 e. The zero-order valence-corrected chi connectivity index (χ0v) is 10.7. The van der Waals surface area contributed by atoms with Crippen LogP contribution in [0.2, 0.25) is 0 Å². The molecule has 1 heterocycles. The van der Waals surface area contributed by atoms with E-state index in [9.17, 15) is 9.18 Å². The van der Waals surface area contributed by atoms with Gasteiger partial charge in [-0.25, -0.2) is 4.39 Å². The molecule has 1 aromatic carbocycles. The van der Waals surface area contributed by atoms with Gasteiger partial charge in [0.15, 0.2) is 0 Å². The van der Waals surface area contributed by atoms with Crippen molar-refractivity contribution in [1.82, 2.24) is 4.98 Å². The van der Waals surface area contributed by atoms with E-state index in [4.69, 9.17) is 0 Å². The van der Waals surface area contributed by atoms with Gasteiger partial charge in [0, 0.05) is 24.5 Å². The second-order valence-corrected chi connectivity index (χ2v) is 4.37. The molecule has 0 fully saturated rings. The number of nitrogens with zero attached hydrogens (tertiary/aromatic N) is 1. The number of aryl methyl sites for hydroxylation is 2. The number of hydrogen-bond acceptors (Lipinski definition) is 2. The molecule has 0 saturated carbocycles. The molecule has 0 unspecified atom stereocenters. The molecule has 1 aromatic heterocycles. The lowest BCUT2D eigenvalue weighted by Crippen LogP contribution is -2.12. The van der Waals surface area contributed by atoms with Gasteiger partial charge in [-0.2, -0.15) is 0 Å². The van der Waals surface area contributed by atoms with Crippen LogP contribution in [0.3, 0.4) is 0 Å². The Balaban J connectivity index is 1.89. The molecular formula is C15H15FN2O. The Labute approximate surface area is 111 Å². The predicted molar refractivity (Wildman–Crippen MR) is 72.3 cm³/mol. The summed E-state index contributed by atoms with van der Waals surface area (Å²) in [4.78, 5) is 15.7. The van der Waals surface area contributed by atoms with Crippen LogP contribution in [0.5, 0.6) is 0 Å². The average molecular weight is 258 g/mol. The minimum atomic E-state index is -0.315. The molecule has 0 bridgehead atoms. The Morgan fingerprint density at radius 3 is 2.89 bits per heavy atom. The van der Waals surface area contributed by atoms with Gasteiger partial charge in [0.05, 0.1) is 0 Å². The Kier molecular flexibility index (Phi) is 4.23. The third-order valence-corrected chi connectivity index (χ3v) is 2.82. The van der Waals surface area contributed by atoms with E-state index in [0.717, 1.165) is 5.56 Å². The fourth-order valence-electron chi connectivity index (χ4n) is 1.70. The highest BCUT2D eigenvalue weighted by molar-refractivity contribution is 5.90. The van der Waals surface area contributed by atoms with E-state index in [2.05, 4.69) is 10.3 Å². The monoisotopic (exact) mass is 258 g/mol. The number of pyridine rings is 1. The molecule has 0 aliphatic rings. The Morgan fingerprint density at radius 1 is 1.37 bits per heavy atom. The molecule has 0 radical (unpaired) electrons. The normalized spacial score (nSPS) is 10.2. The lowest BCUT2D eigenvalue weighted by atomic mass is 10.1. The van der Waals surface area contributed by atoms with E-state index in [0.29, 0.717) is 24.1 Å². The standard InChI is InChI=1S/C15H15FN2O/c1-11-4-6-13(9-14(11)16)18-15(19)7-5-12-3-2-8-17-10-12/h2-4,6,8-10H,5,7H2,1H3,(H,18,19). The zero-order valence-electron chi connectivity index (χ0n) is 10.7. The van der Waals surface area contributed by atoms with Crippen molar-refractivity contribution in [2.24, 2.45) is 0 Å². The molecule has 0 aliphatic carbocycles. The summed E-state index contributed by atoms with van der Waals surface area (Å²) in [7, 11) is 0. The van der Waals surface area contributed by atoms with E-state index in [-0.39, 0.29) is 11.7 Å². The Hall–Kier alpha value is -2.23. The van der Waals surface area contributed by atoms with Gasteiger partial charge in [-0.3, -0.25) is 9.78 Å². The minimum Gasteiger partial charge on any atom is -0.326 e. The van der Waals surface area contributed by atoms with Crippen LogP contribution in [0.15, 0.2) is 42.7 Å². The van der Waals surface area contributed by atoms with Gasteiger partial charge in [-0.1, -0.05) is 12.1 Å². The molecule has 2 rings (SSSR count). The van der Waals surface area contributed by atoms with Crippen molar-refractivity contribution in [3.05, 3.63) is 59.7 Å². The number of anilines is 1. The van der Waals surface area contributed by atoms with Gasteiger partial charge in [-0.15, -0.1) is 0 Å². The third kappa shape index (κ3) is 3.88. The largest absolute Gasteiger partial charge is 0.326 e. The van der Waals surface area contributed by atoms with Crippen molar-refractivity contribution < 1.29 is 9.18 Å². The number of benzene rings is 1. The van der Waals surface area contributed by atoms with Crippen molar-refractivity contribution in [3.63, 3.8) is 0 Å². The van der Waals surface area contributed by atoms with Crippen LogP contribution in [0, 0.1) is 12.7 Å². The van der Waals surface area contributed by atoms with E-state index >= 15 is 0 Å². The summed E-state index contributed by atoms with van der Waals surface area (Å²) < 4.78 is 13.3. The quantitative estimate of drug-likeness (QED) is 0.915. The highest BCUT2D eigenvalue weighted by Crippen LogP contribution is 2.14. The van der Waals surface area contributed by atoms with Crippen LogP contribution < -0.4 is 5.32 Å². The van der Waals surface area contributed by atoms with Crippen molar-refractivity contribution in [2.45, 2.75) is 19.8 Å². The van der Waals surface area contributed by atoms with Gasteiger partial charge in [0.1, 0.15) is 5.82 Å². The summed E-state index contributed by atoms with van der Waals surface area (Å²) in [5.74, 6) is -0.447. The first-order valence-electron chi connectivity index (χ1n) is 6.10. The molecule has 98 valence electrons. The van der Waals surface area contributed by atoms with Gasteiger partial charge < -0.3 is 5.32 Å². The molecule has 1 N–H and O–H groups in total. The number of halogens is 1.